The van der Waals surface area contributed by atoms with E-state index in [1.54, 1.807) is 36.4 Å². The summed E-state index contributed by atoms with van der Waals surface area (Å²) in [5.41, 5.74) is 2.12. The third-order valence-corrected chi connectivity index (χ3v) is 7.36. The van der Waals surface area contributed by atoms with E-state index >= 15 is 0 Å². The Hall–Kier alpha value is -4.44. The molecule has 0 saturated carbocycles. The third kappa shape index (κ3) is 4.46. The molecular weight excluding hydrogens is 483 g/mol. The number of nitrogens with one attached hydrogen (secondary N) is 1. The van der Waals surface area contributed by atoms with Crippen molar-refractivity contribution in [2.24, 2.45) is 0 Å². The molecule has 1 N–H and O–H groups in total. The number of aromatic amines is 1. The summed E-state index contributed by atoms with van der Waals surface area (Å²) in [4.78, 5) is 20.4. The highest BCUT2D eigenvalue weighted by molar-refractivity contribution is 7.90. The molecule has 0 amide bonds. The molecule has 2 heterocycles. The zero-order valence-electron chi connectivity index (χ0n) is 19.0. The lowest BCUT2D eigenvalue weighted by atomic mass is 9.98. The Morgan fingerprint density at radius 3 is 2.56 bits per heavy atom. The number of methoxy groups -OCH3 is 1. The number of H-pyrrole nitrogens is 1. The first-order valence-corrected chi connectivity index (χ1v) is 12.5. The molecule has 0 spiro atoms. The molecule has 0 bridgehead atoms. The van der Waals surface area contributed by atoms with Crippen LogP contribution in [0.15, 0.2) is 88.9 Å². The molecule has 0 unspecified atom stereocenters. The van der Waals surface area contributed by atoms with Crippen LogP contribution in [0.2, 0.25) is 0 Å². The van der Waals surface area contributed by atoms with Crippen molar-refractivity contribution in [3.05, 3.63) is 101 Å². The van der Waals surface area contributed by atoms with Gasteiger partial charge in [0.15, 0.2) is 9.84 Å². The summed E-state index contributed by atoms with van der Waals surface area (Å²) < 4.78 is 45.3. The zero-order valence-corrected chi connectivity index (χ0v) is 19.8. The molecule has 8 nitrogen and oxygen atoms in total. The predicted octanol–water partition coefficient (Wildman–Crippen LogP) is 4.17. The molecule has 0 aliphatic rings. The number of aromatic nitrogens is 4. The van der Waals surface area contributed by atoms with Crippen LogP contribution in [0, 0.1) is 5.82 Å². The smallest absolute Gasteiger partial charge is 0.272 e. The van der Waals surface area contributed by atoms with Gasteiger partial charge in [-0.1, -0.05) is 24.3 Å². The molecule has 0 aliphatic carbocycles. The lowest BCUT2D eigenvalue weighted by Crippen LogP contribution is -2.12. The molecule has 10 heteroatoms. The summed E-state index contributed by atoms with van der Waals surface area (Å²) >= 11 is 0. The van der Waals surface area contributed by atoms with E-state index in [1.807, 2.05) is 0 Å². The first-order chi connectivity index (χ1) is 17.4. The molecule has 180 valence electrons. The minimum Gasteiger partial charge on any atom is -0.496 e. The number of hydrogen-bond donors (Lipinski definition) is 1. The van der Waals surface area contributed by atoms with Gasteiger partial charge in [0.1, 0.15) is 23.6 Å². The van der Waals surface area contributed by atoms with Crippen molar-refractivity contribution in [1.82, 2.24) is 20.2 Å². The van der Waals surface area contributed by atoms with Crippen molar-refractivity contribution in [3.8, 4) is 28.1 Å². The van der Waals surface area contributed by atoms with E-state index in [4.69, 9.17) is 4.74 Å². The fourth-order valence-electron chi connectivity index (χ4n) is 3.97. The maximum atomic E-state index is 13.8. The summed E-state index contributed by atoms with van der Waals surface area (Å²) in [6.45, 7) is 0. The summed E-state index contributed by atoms with van der Waals surface area (Å²) in [6, 6.07) is 17.3. The quantitative estimate of drug-likeness (QED) is 0.371. The molecule has 0 radical (unpaired) electrons. The van der Waals surface area contributed by atoms with Gasteiger partial charge in [0, 0.05) is 17.1 Å². The summed E-state index contributed by atoms with van der Waals surface area (Å²) in [7, 11) is -2.28. The number of sulfone groups is 1. The number of benzene rings is 3. The fraction of sp³-hybridized carbons (Fsp3) is 0.0769. The van der Waals surface area contributed by atoms with Crippen LogP contribution in [-0.4, -0.2) is 35.7 Å². The second-order valence-electron chi connectivity index (χ2n) is 7.99. The molecule has 0 saturated heterocycles. The van der Waals surface area contributed by atoms with Crippen LogP contribution in [0.3, 0.4) is 0 Å². The number of nitrogens with zero attached hydrogens (tertiary/aromatic N) is 3. The summed E-state index contributed by atoms with van der Waals surface area (Å²) in [5, 5.41) is 7.29. The second kappa shape index (κ2) is 9.31. The average Bonchev–Trinajstić information content (AvgIpc) is 2.89. The van der Waals surface area contributed by atoms with Crippen molar-refractivity contribution in [2.75, 3.05) is 7.11 Å². The molecule has 5 aromatic rings. The monoisotopic (exact) mass is 502 g/mol. The van der Waals surface area contributed by atoms with Gasteiger partial charge in [-0.05, 0) is 53.6 Å². The first kappa shape index (κ1) is 23.3. The van der Waals surface area contributed by atoms with Crippen LogP contribution >= 0.6 is 0 Å². The van der Waals surface area contributed by atoms with Crippen LogP contribution in [0.1, 0.15) is 5.69 Å². The van der Waals surface area contributed by atoms with Crippen molar-refractivity contribution in [2.45, 2.75) is 10.6 Å². The van der Waals surface area contributed by atoms with E-state index in [1.165, 1.54) is 50.0 Å². The third-order valence-electron chi connectivity index (χ3n) is 5.71. The number of ether oxygens (including phenoxy) is 1. The number of hydrogen-bond acceptors (Lipinski definition) is 7. The van der Waals surface area contributed by atoms with Gasteiger partial charge < -0.3 is 4.74 Å². The summed E-state index contributed by atoms with van der Waals surface area (Å²) in [5.74, 6) is -0.218. The topological polar surface area (TPSA) is 115 Å². The Morgan fingerprint density at radius 2 is 1.81 bits per heavy atom. The van der Waals surface area contributed by atoms with Gasteiger partial charge in [-0.3, -0.25) is 4.79 Å². The van der Waals surface area contributed by atoms with Crippen molar-refractivity contribution < 1.29 is 17.5 Å². The lowest BCUT2D eigenvalue weighted by molar-refractivity contribution is 0.416. The van der Waals surface area contributed by atoms with Gasteiger partial charge in [-0.15, -0.1) is 0 Å². The van der Waals surface area contributed by atoms with E-state index in [9.17, 15) is 17.6 Å². The lowest BCUT2D eigenvalue weighted by Gasteiger charge is -2.13. The molecule has 3 aromatic carbocycles. The van der Waals surface area contributed by atoms with Gasteiger partial charge >= 0.3 is 0 Å². The standard InChI is InChI=1S/C26H19FN4O4S/c1-35-24-8-5-17(16-3-2-4-18(27)11-16)12-23(24)25-21-7-6-20(13-22(21)26(32)31-30-25)36(33,34)14-19-9-10-28-15-29-19/h2-13,15H,14H2,1H3,(H,31,32). The van der Waals surface area contributed by atoms with Crippen LogP contribution < -0.4 is 10.3 Å². The van der Waals surface area contributed by atoms with Crippen LogP contribution in [0.4, 0.5) is 4.39 Å². The van der Waals surface area contributed by atoms with E-state index < -0.39 is 15.4 Å². The molecule has 2 aromatic heterocycles. The van der Waals surface area contributed by atoms with Gasteiger partial charge in [0.2, 0.25) is 0 Å². The average molecular weight is 503 g/mol. The maximum absolute atomic E-state index is 13.8. The molecule has 0 fully saturated rings. The number of rotatable bonds is 6. The number of halogens is 1. The minimum absolute atomic E-state index is 0.0169. The van der Waals surface area contributed by atoms with Gasteiger partial charge in [0.25, 0.3) is 5.56 Å². The number of fused-ring (bicyclic) bond motifs is 1. The highest BCUT2D eigenvalue weighted by atomic mass is 32.2. The Morgan fingerprint density at radius 1 is 0.972 bits per heavy atom. The Labute approximate surface area is 205 Å². The summed E-state index contributed by atoms with van der Waals surface area (Å²) in [6.07, 6.45) is 2.74. The SMILES string of the molecule is COc1ccc(-c2cccc(F)c2)cc1-c1n[nH]c(=O)c2cc(S(=O)(=O)Cc3ccncn3)ccc12. The Kier molecular flexibility index (Phi) is 6.03. The van der Waals surface area contributed by atoms with Crippen molar-refractivity contribution in [1.29, 1.82) is 0 Å². The van der Waals surface area contributed by atoms with Gasteiger partial charge in [-0.25, -0.2) is 27.9 Å². The van der Waals surface area contributed by atoms with Crippen LogP contribution in [0.25, 0.3) is 33.2 Å². The molecule has 5 rings (SSSR count). The highest BCUT2D eigenvalue weighted by Crippen LogP contribution is 2.36. The van der Waals surface area contributed by atoms with Crippen LogP contribution in [-0.2, 0) is 15.6 Å². The van der Waals surface area contributed by atoms with Crippen molar-refractivity contribution >= 4 is 20.6 Å². The van der Waals surface area contributed by atoms with E-state index in [2.05, 4.69) is 20.2 Å². The highest BCUT2D eigenvalue weighted by Gasteiger charge is 2.20. The molecule has 0 atom stereocenters. The first-order valence-electron chi connectivity index (χ1n) is 10.8. The predicted molar refractivity (Wildman–Crippen MR) is 133 cm³/mol. The zero-order chi connectivity index (χ0) is 25.3. The van der Waals surface area contributed by atoms with Gasteiger partial charge in [0.05, 0.1) is 28.8 Å². The van der Waals surface area contributed by atoms with Crippen LogP contribution in [0.5, 0.6) is 5.75 Å². The van der Waals surface area contributed by atoms with Gasteiger partial charge in [-0.2, -0.15) is 5.10 Å². The maximum Gasteiger partial charge on any atom is 0.272 e. The fourth-order valence-corrected chi connectivity index (χ4v) is 5.27. The minimum atomic E-state index is -3.78. The van der Waals surface area contributed by atoms with E-state index in [0.29, 0.717) is 33.7 Å². The Bertz CT molecular complexity index is 1760. The Balaban J connectivity index is 1.64. The molecular formula is C26H19FN4O4S. The molecule has 0 aliphatic heterocycles. The largest absolute Gasteiger partial charge is 0.496 e. The molecule has 36 heavy (non-hydrogen) atoms. The van der Waals surface area contributed by atoms with Crippen molar-refractivity contribution in [3.63, 3.8) is 0 Å². The van der Waals surface area contributed by atoms with E-state index in [0.717, 1.165) is 5.56 Å². The van der Waals surface area contributed by atoms with E-state index in [-0.39, 0.29) is 21.9 Å². The second-order valence-corrected chi connectivity index (χ2v) is 9.98. The normalized spacial score (nSPS) is 11.5.